The Hall–Kier alpha value is -2.01. The number of nitrogens with zero attached hydrogens (tertiary/aromatic N) is 1. The summed E-state index contributed by atoms with van der Waals surface area (Å²) in [5.74, 6) is 2.07. The standard InChI is InChI=1S/C21H27NO3S/c1-5-11-22-12-10-19(26-20-9-7-6-8-16(20)22)15-13-17(23-2)21(25-4)18(14-15)24-3/h6-9,13-14,19H,5,10-12H2,1-4H3. The lowest BCUT2D eigenvalue weighted by Gasteiger charge is -2.23. The molecule has 0 saturated carbocycles. The first kappa shape index (κ1) is 18.8. The van der Waals surface area contributed by atoms with E-state index in [9.17, 15) is 0 Å². The van der Waals surface area contributed by atoms with Crippen molar-refractivity contribution in [3.05, 3.63) is 42.0 Å². The molecule has 1 atom stereocenters. The highest BCUT2D eigenvalue weighted by Crippen LogP contribution is 2.48. The van der Waals surface area contributed by atoms with Crippen molar-refractivity contribution in [2.75, 3.05) is 39.3 Å². The quantitative estimate of drug-likeness (QED) is 0.697. The van der Waals surface area contributed by atoms with Crippen LogP contribution < -0.4 is 19.1 Å². The van der Waals surface area contributed by atoms with E-state index in [1.807, 2.05) is 11.8 Å². The molecule has 0 radical (unpaired) electrons. The largest absolute Gasteiger partial charge is 0.493 e. The molecule has 2 aromatic rings. The van der Waals surface area contributed by atoms with E-state index < -0.39 is 0 Å². The predicted molar refractivity (Wildman–Crippen MR) is 108 cm³/mol. The first-order valence-corrected chi connectivity index (χ1v) is 9.90. The van der Waals surface area contributed by atoms with Crippen molar-refractivity contribution < 1.29 is 14.2 Å². The summed E-state index contributed by atoms with van der Waals surface area (Å²) in [5.41, 5.74) is 2.55. The van der Waals surface area contributed by atoms with E-state index in [4.69, 9.17) is 14.2 Å². The van der Waals surface area contributed by atoms with E-state index in [1.165, 1.54) is 16.1 Å². The number of anilines is 1. The Balaban J connectivity index is 1.98. The fraction of sp³-hybridized carbons (Fsp3) is 0.429. The lowest BCUT2D eigenvalue weighted by Crippen LogP contribution is -2.25. The topological polar surface area (TPSA) is 30.9 Å². The van der Waals surface area contributed by atoms with Gasteiger partial charge < -0.3 is 19.1 Å². The Morgan fingerprint density at radius 3 is 2.35 bits per heavy atom. The molecule has 0 amide bonds. The lowest BCUT2D eigenvalue weighted by molar-refractivity contribution is 0.323. The van der Waals surface area contributed by atoms with E-state index in [0.717, 1.165) is 25.9 Å². The SMILES string of the molecule is CCCN1CCC(c2cc(OC)c(OC)c(OC)c2)Sc2ccccc21. The zero-order valence-electron chi connectivity index (χ0n) is 16.0. The van der Waals surface area contributed by atoms with Crippen molar-refractivity contribution in [2.24, 2.45) is 0 Å². The highest BCUT2D eigenvalue weighted by atomic mass is 32.2. The molecular weight excluding hydrogens is 346 g/mol. The number of hydrogen-bond acceptors (Lipinski definition) is 5. The summed E-state index contributed by atoms with van der Waals surface area (Å²) < 4.78 is 16.6. The van der Waals surface area contributed by atoms with Crippen LogP contribution in [0.25, 0.3) is 0 Å². The van der Waals surface area contributed by atoms with Crippen LogP contribution in [0.15, 0.2) is 41.3 Å². The molecule has 0 saturated heterocycles. The molecule has 5 heteroatoms. The molecule has 1 unspecified atom stereocenters. The zero-order valence-corrected chi connectivity index (χ0v) is 16.8. The summed E-state index contributed by atoms with van der Waals surface area (Å²) in [7, 11) is 4.97. The van der Waals surface area contributed by atoms with E-state index in [2.05, 4.69) is 48.2 Å². The van der Waals surface area contributed by atoms with Crippen LogP contribution in [0.5, 0.6) is 17.2 Å². The van der Waals surface area contributed by atoms with Gasteiger partial charge >= 0.3 is 0 Å². The van der Waals surface area contributed by atoms with Crippen molar-refractivity contribution in [2.45, 2.75) is 29.9 Å². The first-order chi connectivity index (χ1) is 12.7. The van der Waals surface area contributed by atoms with Crippen LogP contribution in [-0.4, -0.2) is 34.4 Å². The number of ether oxygens (including phenoxy) is 3. The predicted octanol–water partition coefficient (Wildman–Crippen LogP) is 5.17. The average molecular weight is 374 g/mol. The molecule has 0 aromatic heterocycles. The Bertz CT molecular complexity index is 725. The van der Waals surface area contributed by atoms with Crippen LogP contribution in [0, 0.1) is 0 Å². The molecule has 1 aliphatic rings. The van der Waals surface area contributed by atoms with E-state index >= 15 is 0 Å². The Labute approximate surface area is 160 Å². The summed E-state index contributed by atoms with van der Waals surface area (Å²) in [4.78, 5) is 3.83. The van der Waals surface area contributed by atoms with Crippen LogP contribution in [0.1, 0.15) is 30.6 Å². The summed E-state index contributed by atoms with van der Waals surface area (Å²) in [5, 5.41) is 0.340. The minimum absolute atomic E-state index is 0.340. The molecule has 0 fully saturated rings. The summed E-state index contributed by atoms with van der Waals surface area (Å²) in [6.45, 7) is 4.36. The Morgan fingerprint density at radius 1 is 1.04 bits per heavy atom. The number of para-hydroxylation sites is 1. The van der Waals surface area contributed by atoms with Crippen molar-refractivity contribution in [3.63, 3.8) is 0 Å². The van der Waals surface area contributed by atoms with Gasteiger partial charge in [-0.05, 0) is 42.7 Å². The van der Waals surface area contributed by atoms with Gasteiger partial charge in [0.25, 0.3) is 0 Å². The highest BCUT2D eigenvalue weighted by molar-refractivity contribution is 7.99. The molecule has 0 aliphatic carbocycles. The highest BCUT2D eigenvalue weighted by Gasteiger charge is 2.25. The van der Waals surface area contributed by atoms with Gasteiger partial charge in [0.05, 0.1) is 27.0 Å². The van der Waals surface area contributed by atoms with E-state index in [1.54, 1.807) is 21.3 Å². The van der Waals surface area contributed by atoms with Gasteiger partial charge in [-0.15, -0.1) is 11.8 Å². The van der Waals surface area contributed by atoms with Crippen molar-refractivity contribution in [1.29, 1.82) is 0 Å². The number of fused-ring (bicyclic) bond motifs is 1. The zero-order chi connectivity index (χ0) is 18.5. The van der Waals surface area contributed by atoms with Crippen LogP contribution in [0.4, 0.5) is 5.69 Å². The van der Waals surface area contributed by atoms with Gasteiger partial charge in [0.15, 0.2) is 11.5 Å². The maximum Gasteiger partial charge on any atom is 0.203 e. The molecular formula is C21H27NO3S. The number of rotatable bonds is 6. The third-order valence-corrected chi connectivity index (χ3v) is 6.08. The lowest BCUT2D eigenvalue weighted by atomic mass is 10.1. The summed E-state index contributed by atoms with van der Waals surface area (Å²) in [6, 6.07) is 12.9. The van der Waals surface area contributed by atoms with Gasteiger partial charge in [-0.2, -0.15) is 0 Å². The maximum atomic E-state index is 5.55. The molecule has 140 valence electrons. The second-order valence-corrected chi connectivity index (χ2v) is 7.55. The number of thioether (sulfide) groups is 1. The van der Waals surface area contributed by atoms with Gasteiger partial charge in [0.1, 0.15) is 0 Å². The molecule has 0 spiro atoms. The minimum Gasteiger partial charge on any atom is -0.493 e. The monoisotopic (exact) mass is 373 g/mol. The van der Waals surface area contributed by atoms with Gasteiger partial charge in [0.2, 0.25) is 5.75 Å². The average Bonchev–Trinajstić information content (AvgIpc) is 2.87. The van der Waals surface area contributed by atoms with Crippen molar-refractivity contribution in [3.8, 4) is 17.2 Å². The molecule has 0 bridgehead atoms. The fourth-order valence-electron chi connectivity index (χ4n) is 3.45. The maximum absolute atomic E-state index is 5.55. The second kappa shape index (κ2) is 8.58. The molecule has 26 heavy (non-hydrogen) atoms. The van der Waals surface area contributed by atoms with Crippen LogP contribution >= 0.6 is 11.8 Å². The molecule has 4 nitrogen and oxygen atoms in total. The normalized spacial score (nSPS) is 16.6. The van der Waals surface area contributed by atoms with E-state index in [0.29, 0.717) is 22.5 Å². The van der Waals surface area contributed by atoms with E-state index in [-0.39, 0.29) is 0 Å². The Morgan fingerprint density at radius 2 is 1.73 bits per heavy atom. The number of benzene rings is 2. The molecule has 2 aromatic carbocycles. The molecule has 1 heterocycles. The second-order valence-electron chi connectivity index (χ2n) is 6.31. The molecule has 3 rings (SSSR count). The van der Waals surface area contributed by atoms with Gasteiger partial charge in [-0.3, -0.25) is 0 Å². The number of methoxy groups -OCH3 is 3. The Kier molecular flexibility index (Phi) is 6.20. The van der Waals surface area contributed by atoms with Gasteiger partial charge in [-0.25, -0.2) is 0 Å². The summed E-state index contributed by atoms with van der Waals surface area (Å²) in [6.07, 6.45) is 2.21. The summed E-state index contributed by atoms with van der Waals surface area (Å²) >= 11 is 1.92. The van der Waals surface area contributed by atoms with Gasteiger partial charge in [0, 0.05) is 23.2 Å². The van der Waals surface area contributed by atoms with Gasteiger partial charge in [-0.1, -0.05) is 19.1 Å². The third kappa shape index (κ3) is 3.73. The first-order valence-electron chi connectivity index (χ1n) is 9.02. The van der Waals surface area contributed by atoms with Crippen molar-refractivity contribution >= 4 is 17.4 Å². The van der Waals surface area contributed by atoms with Crippen LogP contribution in [0.2, 0.25) is 0 Å². The smallest absolute Gasteiger partial charge is 0.203 e. The third-order valence-electron chi connectivity index (χ3n) is 4.69. The fourth-order valence-corrected chi connectivity index (χ4v) is 4.72. The van der Waals surface area contributed by atoms with Crippen LogP contribution in [-0.2, 0) is 0 Å². The number of hydrogen-bond donors (Lipinski definition) is 0. The van der Waals surface area contributed by atoms with Crippen LogP contribution in [0.3, 0.4) is 0 Å². The molecule has 1 aliphatic heterocycles. The molecule has 0 N–H and O–H groups in total. The minimum atomic E-state index is 0.340. The van der Waals surface area contributed by atoms with Crippen molar-refractivity contribution in [1.82, 2.24) is 0 Å².